The zero-order valence-corrected chi connectivity index (χ0v) is 32.5. The molecule has 0 radical (unpaired) electrons. The number of unbranched alkanes of at least 4 members (excludes halogenated alkanes) is 2. The van der Waals surface area contributed by atoms with E-state index in [1.807, 2.05) is 18.2 Å². The van der Waals surface area contributed by atoms with E-state index in [1.54, 1.807) is 6.07 Å². The first-order valence-corrected chi connectivity index (χ1v) is 20.9. The van der Waals surface area contributed by atoms with Gasteiger partial charge >= 0.3 is 0 Å². The minimum atomic E-state index is -0.511. The van der Waals surface area contributed by atoms with Crippen molar-refractivity contribution >= 4 is 16.6 Å². The topological polar surface area (TPSA) is 111 Å². The van der Waals surface area contributed by atoms with Crippen LogP contribution in [0.5, 0.6) is 11.5 Å². The lowest BCUT2D eigenvalue weighted by Gasteiger charge is -2.50. The second kappa shape index (κ2) is 16.6. The summed E-state index contributed by atoms with van der Waals surface area (Å²) in [4.78, 5) is 0. The highest BCUT2D eigenvalue weighted by atomic mass is 16.5. The molecule has 8 heteroatoms. The summed E-state index contributed by atoms with van der Waals surface area (Å²) < 4.78 is 22.1. The number of phenols is 1. The van der Waals surface area contributed by atoms with Gasteiger partial charge in [-0.1, -0.05) is 94.0 Å². The lowest BCUT2D eigenvalue weighted by Crippen LogP contribution is -2.49. The standard InChI is InChI=1S/C47H59N3O5/c1-2-3-6-13-40-27-39(51)17-14-33-15-18-42(52)43(24-33)54-31-36-26-38(25-35-28-50(29-41(35)36)45-34(30-53-40)16-19-44(48)49-45)47(37-11-7-4-8-12-37)22-23-55-46(32-47)20-9-5-10-21-46/h4,7-8,11-12,15-16,18-19,24-26,28-29,39-40,44,49,51-52H,2-3,5-6,9-10,13-14,17,20-23,27,30-32,48H2,1H3/t39-,40+,44?,47+/m1/s1. The molecule has 1 aromatic heterocycles. The molecular formula is C47H59N3O5. The Labute approximate surface area is 326 Å². The molecule has 4 bridgehead atoms. The number of nitrogens with one attached hydrogen (secondary N) is 1. The van der Waals surface area contributed by atoms with Gasteiger partial charge in [0.15, 0.2) is 11.5 Å². The minimum absolute atomic E-state index is 0.0732. The molecule has 0 amide bonds. The molecule has 8 rings (SSSR count). The molecular weight excluding hydrogens is 687 g/mol. The zero-order valence-electron chi connectivity index (χ0n) is 32.5. The number of aliphatic hydroxyl groups excluding tert-OH is 1. The molecule has 1 saturated heterocycles. The average molecular weight is 746 g/mol. The van der Waals surface area contributed by atoms with E-state index in [-0.39, 0.29) is 35.6 Å². The van der Waals surface area contributed by atoms with Gasteiger partial charge in [0.25, 0.3) is 0 Å². The number of nitrogens with zero attached hydrogens (tertiary/aromatic N) is 1. The maximum Gasteiger partial charge on any atom is 0.161 e. The molecule has 4 aliphatic rings. The maximum absolute atomic E-state index is 11.2. The Kier molecular flexibility index (Phi) is 11.4. The number of aromatic hydroxyl groups is 1. The van der Waals surface area contributed by atoms with E-state index in [4.69, 9.17) is 19.9 Å². The Balaban J connectivity index is 1.26. The van der Waals surface area contributed by atoms with Crippen LogP contribution in [0.15, 0.2) is 90.8 Å². The molecule has 4 atom stereocenters. The maximum atomic E-state index is 11.2. The van der Waals surface area contributed by atoms with Gasteiger partial charge in [0.2, 0.25) is 0 Å². The smallest absolute Gasteiger partial charge is 0.161 e. The van der Waals surface area contributed by atoms with E-state index >= 15 is 0 Å². The number of benzene rings is 3. The average Bonchev–Trinajstić information content (AvgIpc) is 3.64. The Hall–Kier alpha value is -4.08. The second-order valence-corrected chi connectivity index (χ2v) is 16.6. The largest absolute Gasteiger partial charge is 0.504 e. The van der Waals surface area contributed by atoms with Crippen LogP contribution < -0.4 is 15.8 Å². The summed E-state index contributed by atoms with van der Waals surface area (Å²) in [6.45, 7) is 3.62. The van der Waals surface area contributed by atoms with Crippen molar-refractivity contribution in [3.05, 3.63) is 113 Å². The number of aryl methyl sites for hydroxylation is 1. The van der Waals surface area contributed by atoms with Crippen LogP contribution in [0.2, 0.25) is 0 Å². The van der Waals surface area contributed by atoms with Crippen molar-refractivity contribution in [3.8, 4) is 11.5 Å². The van der Waals surface area contributed by atoms with Crippen molar-refractivity contribution in [1.82, 2.24) is 9.88 Å². The molecule has 292 valence electrons. The van der Waals surface area contributed by atoms with Gasteiger partial charge in [-0.05, 0) is 97.9 Å². The zero-order chi connectivity index (χ0) is 37.8. The molecule has 55 heavy (non-hydrogen) atoms. The number of ether oxygens (including phenoxy) is 3. The number of rotatable bonds is 6. The number of phenolic OH excluding ortho intramolecular Hbond substituents is 1. The van der Waals surface area contributed by atoms with E-state index in [9.17, 15) is 10.2 Å². The van der Waals surface area contributed by atoms with Gasteiger partial charge in [-0.25, -0.2) is 0 Å². The Bertz CT molecular complexity index is 1990. The number of aliphatic hydroxyl groups is 1. The molecule has 3 aliphatic heterocycles. The third kappa shape index (κ3) is 8.24. The summed E-state index contributed by atoms with van der Waals surface area (Å²) in [7, 11) is 0. The first kappa shape index (κ1) is 37.8. The summed E-state index contributed by atoms with van der Waals surface area (Å²) in [5.41, 5.74) is 11.8. The Morgan fingerprint density at radius 3 is 2.64 bits per heavy atom. The lowest BCUT2D eigenvalue weighted by molar-refractivity contribution is -0.119. The van der Waals surface area contributed by atoms with E-state index in [2.05, 4.69) is 77.7 Å². The number of nitrogens with two attached hydrogens (primary N) is 1. The van der Waals surface area contributed by atoms with Gasteiger partial charge in [-0.2, -0.15) is 0 Å². The SMILES string of the molecule is CCCCC[C@H]1C[C@H](O)CCc2ccc(O)c(c2)OCc2cc([C@@]3(c4ccccc4)CCOC4(CCCCC4)C3)cc3cn(cc23)C2=C(C=CC(N)N2)CO1. The van der Waals surface area contributed by atoms with Crippen LogP contribution in [0.4, 0.5) is 0 Å². The summed E-state index contributed by atoms with van der Waals surface area (Å²) in [6.07, 6.45) is 21.3. The van der Waals surface area contributed by atoms with Gasteiger partial charge < -0.3 is 40.0 Å². The Morgan fingerprint density at radius 2 is 1.80 bits per heavy atom. The van der Waals surface area contributed by atoms with Crippen LogP contribution in [0.25, 0.3) is 16.6 Å². The van der Waals surface area contributed by atoms with Gasteiger partial charge in [0, 0.05) is 40.8 Å². The predicted molar refractivity (Wildman–Crippen MR) is 219 cm³/mol. The number of hydrogen-bond donors (Lipinski definition) is 4. The van der Waals surface area contributed by atoms with Gasteiger partial charge in [0.1, 0.15) is 12.4 Å². The molecule has 1 unspecified atom stereocenters. The van der Waals surface area contributed by atoms with Gasteiger partial charge in [-0.15, -0.1) is 0 Å². The molecule has 1 spiro atoms. The molecule has 1 saturated carbocycles. The summed E-state index contributed by atoms with van der Waals surface area (Å²) in [5.74, 6) is 1.45. The first-order valence-electron chi connectivity index (χ1n) is 20.9. The molecule has 4 heterocycles. The third-order valence-electron chi connectivity index (χ3n) is 12.7. The highest BCUT2D eigenvalue weighted by molar-refractivity contribution is 5.88. The van der Waals surface area contributed by atoms with Crippen LogP contribution in [0.1, 0.15) is 113 Å². The van der Waals surface area contributed by atoms with Crippen LogP contribution in [0.3, 0.4) is 0 Å². The van der Waals surface area contributed by atoms with Crippen molar-refractivity contribution in [2.45, 2.75) is 133 Å². The van der Waals surface area contributed by atoms with Crippen LogP contribution >= 0.6 is 0 Å². The molecule has 4 aromatic rings. The monoisotopic (exact) mass is 745 g/mol. The fourth-order valence-corrected chi connectivity index (χ4v) is 9.71. The van der Waals surface area contributed by atoms with Crippen LogP contribution in [-0.2, 0) is 27.9 Å². The molecule has 2 fully saturated rings. The number of hydrogen-bond acceptors (Lipinski definition) is 7. The quantitative estimate of drug-likeness (QED) is 0.146. The highest BCUT2D eigenvalue weighted by Gasteiger charge is 2.48. The van der Waals surface area contributed by atoms with Crippen molar-refractivity contribution in [2.75, 3.05) is 13.2 Å². The molecule has 1 aliphatic carbocycles. The van der Waals surface area contributed by atoms with E-state index < -0.39 is 6.10 Å². The lowest BCUT2D eigenvalue weighted by atomic mass is 9.62. The van der Waals surface area contributed by atoms with Crippen molar-refractivity contribution in [1.29, 1.82) is 0 Å². The summed E-state index contributed by atoms with van der Waals surface area (Å²) in [5, 5.41) is 28.0. The minimum Gasteiger partial charge on any atom is -0.504 e. The van der Waals surface area contributed by atoms with Crippen molar-refractivity contribution in [2.24, 2.45) is 5.73 Å². The number of dihydropyridines is 1. The first-order chi connectivity index (χ1) is 26.8. The predicted octanol–water partition coefficient (Wildman–Crippen LogP) is 9.00. The van der Waals surface area contributed by atoms with Gasteiger partial charge in [-0.3, -0.25) is 0 Å². The number of aromatic nitrogens is 1. The van der Waals surface area contributed by atoms with E-state index in [1.165, 1.54) is 30.4 Å². The fourth-order valence-electron chi connectivity index (χ4n) is 9.71. The molecule has 8 nitrogen and oxygen atoms in total. The van der Waals surface area contributed by atoms with Gasteiger partial charge in [0.05, 0.1) is 30.6 Å². The van der Waals surface area contributed by atoms with E-state index in [0.29, 0.717) is 31.6 Å². The number of fused-ring (bicyclic) bond motifs is 4. The molecule has 3 aromatic carbocycles. The fraction of sp³-hybridized carbons (Fsp3) is 0.489. The Morgan fingerprint density at radius 1 is 0.945 bits per heavy atom. The van der Waals surface area contributed by atoms with Crippen LogP contribution in [0, 0.1) is 0 Å². The van der Waals surface area contributed by atoms with E-state index in [0.717, 1.165) is 91.3 Å². The highest BCUT2D eigenvalue weighted by Crippen LogP contribution is 2.52. The van der Waals surface area contributed by atoms with Crippen molar-refractivity contribution in [3.63, 3.8) is 0 Å². The normalized spacial score (nSPS) is 25.9. The molecule has 5 N–H and O–H groups in total. The second-order valence-electron chi connectivity index (χ2n) is 16.6. The summed E-state index contributed by atoms with van der Waals surface area (Å²) >= 11 is 0. The van der Waals surface area contributed by atoms with Crippen molar-refractivity contribution < 1.29 is 24.4 Å². The third-order valence-corrected chi connectivity index (χ3v) is 12.7. The summed E-state index contributed by atoms with van der Waals surface area (Å²) in [6, 6.07) is 21.4. The van der Waals surface area contributed by atoms with Crippen LogP contribution in [-0.4, -0.2) is 52.0 Å².